The molecule has 1 heterocycles. The van der Waals surface area contributed by atoms with Crippen molar-refractivity contribution in [3.8, 4) is 11.5 Å². The van der Waals surface area contributed by atoms with Crippen molar-refractivity contribution in [2.24, 2.45) is 0 Å². The number of rotatable bonds is 4. The third-order valence-corrected chi connectivity index (χ3v) is 3.43. The van der Waals surface area contributed by atoms with Gasteiger partial charge in [-0.1, -0.05) is 25.1 Å². The van der Waals surface area contributed by atoms with E-state index < -0.39 is 0 Å². The highest BCUT2D eigenvalue weighted by Crippen LogP contribution is 2.32. The molecular formula is C18H17NO3. The van der Waals surface area contributed by atoms with Gasteiger partial charge in [0.2, 0.25) is 12.7 Å². The second kappa shape index (κ2) is 6.35. The first kappa shape index (κ1) is 14.2. The van der Waals surface area contributed by atoms with Gasteiger partial charge in [0.05, 0.1) is 0 Å². The Hall–Kier alpha value is -2.75. The van der Waals surface area contributed by atoms with Crippen LogP contribution in [0.25, 0.3) is 6.08 Å². The van der Waals surface area contributed by atoms with Gasteiger partial charge in [0.25, 0.3) is 0 Å². The number of amides is 1. The quantitative estimate of drug-likeness (QED) is 0.876. The largest absolute Gasteiger partial charge is 0.454 e. The molecule has 0 fully saturated rings. The summed E-state index contributed by atoms with van der Waals surface area (Å²) in [6.45, 7) is 2.33. The molecule has 2 aromatic carbocycles. The zero-order chi connectivity index (χ0) is 15.4. The lowest BCUT2D eigenvalue weighted by Crippen LogP contribution is -2.07. The molecule has 22 heavy (non-hydrogen) atoms. The smallest absolute Gasteiger partial charge is 0.248 e. The van der Waals surface area contributed by atoms with Crippen molar-refractivity contribution in [3.05, 3.63) is 59.7 Å². The average molecular weight is 295 g/mol. The fourth-order valence-corrected chi connectivity index (χ4v) is 2.24. The molecule has 4 heteroatoms. The Morgan fingerprint density at radius 1 is 1.18 bits per heavy atom. The van der Waals surface area contributed by atoms with Gasteiger partial charge in [-0.25, -0.2) is 0 Å². The lowest BCUT2D eigenvalue weighted by molar-refractivity contribution is -0.111. The maximum atomic E-state index is 12.0. The Morgan fingerprint density at radius 3 is 2.91 bits per heavy atom. The monoisotopic (exact) mass is 295 g/mol. The van der Waals surface area contributed by atoms with Crippen LogP contribution >= 0.6 is 0 Å². The summed E-state index contributed by atoms with van der Waals surface area (Å²) >= 11 is 0. The zero-order valence-electron chi connectivity index (χ0n) is 12.3. The molecule has 0 aromatic heterocycles. The topological polar surface area (TPSA) is 47.6 Å². The number of carbonyl (C=O) groups is 1. The predicted molar refractivity (Wildman–Crippen MR) is 86.0 cm³/mol. The fraction of sp³-hybridized carbons (Fsp3) is 0.167. The standard InChI is InChI=1S/C18H17NO3/c1-2-13-4-3-5-15(10-13)19-18(20)9-7-14-6-8-16-17(11-14)22-12-21-16/h3-11H,2,12H2,1H3,(H,19,20). The van der Waals surface area contributed by atoms with Crippen LogP contribution in [0.2, 0.25) is 0 Å². The number of anilines is 1. The van der Waals surface area contributed by atoms with E-state index in [0.29, 0.717) is 5.75 Å². The highest BCUT2D eigenvalue weighted by molar-refractivity contribution is 6.02. The van der Waals surface area contributed by atoms with Gasteiger partial charge in [-0.2, -0.15) is 0 Å². The van der Waals surface area contributed by atoms with Crippen molar-refractivity contribution in [3.63, 3.8) is 0 Å². The van der Waals surface area contributed by atoms with Crippen molar-refractivity contribution in [2.45, 2.75) is 13.3 Å². The number of hydrogen-bond acceptors (Lipinski definition) is 3. The van der Waals surface area contributed by atoms with Crippen LogP contribution in [0.1, 0.15) is 18.1 Å². The van der Waals surface area contributed by atoms with Gasteiger partial charge >= 0.3 is 0 Å². The second-order valence-electron chi connectivity index (χ2n) is 4.99. The average Bonchev–Trinajstić information content (AvgIpc) is 3.00. The lowest BCUT2D eigenvalue weighted by Gasteiger charge is -2.04. The number of ether oxygens (including phenoxy) is 2. The Labute approximate surface area is 129 Å². The van der Waals surface area contributed by atoms with Crippen LogP contribution in [0.5, 0.6) is 11.5 Å². The van der Waals surface area contributed by atoms with E-state index >= 15 is 0 Å². The van der Waals surface area contributed by atoms with Gasteiger partial charge in [0, 0.05) is 11.8 Å². The molecular weight excluding hydrogens is 278 g/mol. The molecule has 0 bridgehead atoms. The van der Waals surface area contributed by atoms with E-state index in [0.717, 1.165) is 23.4 Å². The normalized spacial score (nSPS) is 12.6. The molecule has 1 N–H and O–H groups in total. The van der Waals surface area contributed by atoms with E-state index in [1.165, 1.54) is 11.6 Å². The van der Waals surface area contributed by atoms with E-state index in [9.17, 15) is 4.79 Å². The Balaban J connectivity index is 1.66. The van der Waals surface area contributed by atoms with Crippen LogP contribution in [0.3, 0.4) is 0 Å². The van der Waals surface area contributed by atoms with Crippen molar-refractivity contribution in [1.82, 2.24) is 0 Å². The molecule has 0 radical (unpaired) electrons. The van der Waals surface area contributed by atoms with Gasteiger partial charge in [0.15, 0.2) is 11.5 Å². The summed E-state index contributed by atoms with van der Waals surface area (Å²) in [4.78, 5) is 12.0. The predicted octanol–water partition coefficient (Wildman–Crippen LogP) is 3.63. The SMILES string of the molecule is CCc1cccc(NC(=O)C=Cc2ccc3c(c2)OCO3)c1. The molecule has 1 amide bonds. The van der Waals surface area contributed by atoms with Gasteiger partial charge in [-0.05, 0) is 47.9 Å². The second-order valence-corrected chi connectivity index (χ2v) is 4.99. The summed E-state index contributed by atoms with van der Waals surface area (Å²) in [5.41, 5.74) is 2.89. The maximum Gasteiger partial charge on any atom is 0.248 e. The summed E-state index contributed by atoms with van der Waals surface area (Å²) in [6.07, 6.45) is 4.20. The molecule has 0 aliphatic carbocycles. The summed E-state index contributed by atoms with van der Waals surface area (Å²) in [5, 5.41) is 2.86. The van der Waals surface area contributed by atoms with Crippen LogP contribution in [0.15, 0.2) is 48.5 Å². The molecule has 112 valence electrons. The van der Waals surface area contributed by atoms with Crippen molar-refractivity contribution in [2.75, 3.05) is 12.1 Å². The highest BCUT2D eigenvalue weighted by Gasteiger charge is 2.12. The summed E-state index contributed by atoms with van der Waals surface area (Å²) in [5.74, 6) is 1.28. The van der Waals surface area contributed by atoms with Gasteiger partial charge in [-0.15, -0.1) is 0 Å². The molecule has 0 spiro atoms. The minimum Gasteiger partial charge on any atom is -0.454 e. The van der Waals surface area contributed by atoms with Gasteiger partial charge in [-0.3, -0.25) is 4.79 Å². The Kier molecular flexibility index (Phi) is 4.10. The van der Waals surface area contributed by atoms with E-state index in [4.69, 9.17) is 9.47 Å². The number of aryl methyl sites for hydroxylation is 1. The van der Waals surface area contributed by atoms with Gasteiger partial charge in [0.1, 0.15) is 0 Å². The van der Waals surface area contributed by atoms with E-state index in [1.807, 2.05) is 42.5 Å². The first-order valence-corrected chi connectivity index (χ1v) is 7.22. The number of benzene rings is 2. The van der Waals surface area contributed by atoms with Crippen LogP contribution in [-0.4, -0.2) is 12.7 Å². The molecule has 0 unspecified atom stereocenters. The van der Waals surface area contributed by atoms with Crippen molar-refractivity contribution in [1.29, 1.82) is 0 Å². The Morgan fingerprint density at radius 2 is 2.05 bits per heavy atom. The van der Waals surface area contributed by atoms with Crippen molar-refractivity contribution < 1.29 is 14.3 Å². The first-order valence-electron chi connectivity index (χ1n) is 7.22. The third-order valence-electron chi connectivity index (χ3n) is 3.43. The molecule has 0 atom stereocenters. The number of nitrogens with one attached hydrogen (secondary N) is 1. The summed E-state index contributed by atoms with van der Waals surface area (Å²) in [7, 11) is 0. The summed E-state index contributed by atoms with van der Waals surface area (Å²) in [6, 6.07) is 13.4. The number of fused-ring (bicyclic) bond motifs is 1. The Bertz CT molecular complexity index is 722. The molecule has 0 saturated carbocycles. The third kappa shape index (κ3) is 3.28. The van der Waals surface area contributed by atoms with Crippen LogP contribution in [-0.2, 0) is 11.2 Å². The van der Waals surface area contributed by atoms with Crippen LogP contribution in [0, 0.1) is 0 Å². The molecule has 1 aliphatic heterocycles. The number of hydrogen-bond donors (Lipinski definition) is 1. The van der Waals surface area contributed by atoms with Gasteiger partial charge < -0.3 is 14.8 Å². The van der Waals surface area contributed by atoms with Crippen LogP contribution < -0.4 is 14.8 Å². The molecule has 4 nitrogen and oxygen atoms in total. The molecule has 3 rings (SSSR count). The minimum absolute atomic E-state index is 0.161. The fourth-order valence-electron chi connectivity index (χ4n) is 2.24. The van der Waals surface area contributed by atoms with E-state index in [2.05, 4.69) is 12.2 Å². The van der Waals surface area contributed by atoms with Crippen LogP contribution in [0.4, 0.5) is 5.69 Å². The molecule has 0 saturated heterocycles. The maximum absolute atomic E-state index is 12.0. The summed E-state index contributed by atoms with van der Waals surface area (Å²) < 4.78 is 10.6. The lowest BCUT2D eigenvalue weighted by atomic mass is 10.1. The molecule has 2 aromatic rings. The van der Waals surface area contributed by atoms with E-state index in [-0.39, 0.29) is 12.7 Å². The van der Waals surface area contributed by atoms with Crippen molar-refractivity contribution >= 4 is 17.7 Å². The first-order chi connectivity index (χ1) is 10.7. The zero-order valence-corrected chi connectivity index (χ0v) is 12.3. The molecule has 1 aliphatic rings. The number of carbonyl (C=O) groups excluding carboxylic acids is 1. The highest BCUT2D eigenvalue weighted by atomic mass is 16.7. The van der Waals surface area contributed by atoms with E-state index in [1.54, 1.807) is 6.08 Å². The minimum atomic E-state index is -0.161.